The molecule has 6 heteroatoms. The van der Waals surface area contributed by atoms with E-state index in [1.165, 1.54) is 25.2 Å². The average Bonchev–Trinajstić information content (AvgIpc) is 2.64. The average molecular weight is 251 g/mol. The maximum Gasteiger partial charge on any atom is 0.342 e. The lowest BCUT2D eigenvalue weighted by atomic mass is 10.0. The predicted molar refractivity (Wildman–Crippen MR) is 61.8 cm³/mol. The summed E-state index contributed by atoms with van der Waals surface area (Å²) in [5.74, 6) is -0.911. The van der Waals surface area contributed by atoms with Crippen molar-refractivity contribution in [2.45, 2.75) is 6.54 Å². The molecule has 0 saturated heterocycles. The molecule has 1 aromatic rings. The Bertz CT molecular complexity index is 538. The lowest BCUT2D eigenvalue weighted by Gasteiger charge is -2.10. The van der Waals surface area contributed by atoms with E-state index in [0.717, 1.165) is 0 Å². The van der Waals surface area contributed by atoms with Crippen molar-refractivity contribution in [3.05, 3.63) is 22.8 Å². The van der Waals surface area contributed by atoms with E-state index in [9.17, 15) is 14.7 Å². The van der Waals surface area contributed by atoms with Crippen LogP contribution in [0.4, 0.5) is 0 Å². The van der Waals surface area contributed by atoms with Gasteiger partial charge in [-0.25, -0.2) is 4.79 Å². The number of hydrogen-bond donors (Lipinski definition) is 1. The van der Waals surface area contributed by atoms with Crippen LogP contribution in [0.25, 0.3) is 0 Å². The molecule has 2 rings (SSSR count). The molecule has 1 aromatic carbocycles. The quantitative estimate of drug-likeness (QED) is 0.786. The smallest absolute Gasteiger partial charge is 0.342 e. The van der Waals surface area contributed by atoms with E-state index in [1.807, 2.05) is 0 Å². The summed E-state index contributed by atoms with van der Waals surface area (Å²) in [4.78, 5) is 25.1. The van der Waals surface area contributed by atoms with E-state index in [-0.39, 0.29) is 29.5 Å². The standard InChI is InChI=1S/C12H13NO5/c1-13-5-6-9(12(16)18-3)7(14)4-8(17-2)10(6)11(13)15/h4,14H,5H2,1-3H3. The first kappa shape index (κ1) is 12.2. The van der Waals surface area contributed by atoms with Crippen LogP contribution in [0.3, 0.4) is 0 Å². The molecule has 18 heavy (non-hydrogen) atoms. The first-order chi connectivity index (χ1) is 8.51. The van der Waals surface area contributed by atoms with E-state index in [2.05, 4.69) is 4.74 Å². The Balaban J connectivity index is 2.73. The fourth-order valence-electron chi connectivity index (χ4n) is 2.08. The monoisotopic (exact) mass is 251 g/mol. The first-order valence-electron chi connectivity index (χ1n) is 5.27. The maximum atomic E-state index is 12.0. The van der Waals surface area contributed by atoms with Gasteiger partial charge >= 0.3 is 5.97 Å². The summed E-state index contributed by atoms with van der Waals surface area (Å²) >= 11 is 0. The van der Waals surface area contributed by atoms with Crippen molar-refractivity contribution in [2.24, 2.45) is 0 Å². The highest BCUT2D eigenvalue weighted by Gasteiger charge is 2.34. The van der Waals surface area contributed by atoms with Gasteiger partial charge in [0.1, 0.15) is 17.1 Å². The number of nitrogens with zero attached hydrogens (tertiary/aromatic N) is 1. The molecule has 0 atom stereocenters. The Hall–Kier alpha value is -2.24. The van der Waals surface area contributed by atoms with Gasteiger partial charge in [0.2, 0.25) is 0 Å². The molecule has 0 radical (unpaired) electrons. The molecule has 0 aliphatic carbocycles. The molecule has 0 spiro atoms. The first-order valence-corrected chi connectivity index (χ1v) is 5.27. The Morgan fingerprint density at radius 1 is 1.44 bits per heavy atom. The molecule has 0 aromatic heterocycles. The molecule has 0 fully saturated rings. The molecule has 1 N–H and O–H groups in total. The van der Waals surface area contributed by atoms with Crippen LogP contribution in [-0.2, 0) is 11.3 Å². The summed E-state index contributed by atoms with van der Waals surface area (Å²) in [6.07, 6.45) is 0. The predicted octanol–water partition coefficient (Wildman–Crippen LogP) is 0.773. The number of esters is 1. The van der Waals surface area contributed by atoms with Crippen LogP contribution in [0.2, 0.25) is 0 Å². The van der Waals surface area contributed by atoms with Crippen molar-refractivity contribution >= 4 is 11.9 Å². The van der Waals surface area contributed by atoms with E-state index < -0.39 is 5.97 Å². The summed E-state index contributed by atoms with van der Waals surface area (Å²) in [6, 6.07) is 1.25. The molecule has 0 bridgehead atoms. The van der Waals surface area contributed by atoms with Crippen LogP contribution >= 0.6 is 0 Å². The van der Waals surface area contributed by atoms with Crippen molar-refractivity contribution in [3.63, 3.8) is 0 Å². The second-order valence-electron chi connectivity index (χ2n) is 3.98. The van der Waals surface area contributed by atoms with Crippen LogP contribution in [0.15, 0.2) is 6.07 Å². The topological polar surface area (TPSA) is 76.1 Å². The van der Waals surface area contributed by atoms with E-state index >= 15 is 0 Å². The van der Waals surface area contributed by atoms with Crippen LogP contribution in [0.5, 0.6) is 11.5 Å². The van der Waals surface area contributed by atoms with Gasteiger partial charge in [0.25, 0.3) is 5.91 Å². The van der Waals surface area contributed by atoms with Crippen LogP contribution in [-0.4, -0.2) is 43.2 Å². The third kappa shape index (κ3) is 1.57. The molecule has 1 heterocycles. The van der Waals surface area contributed by atoms with Crippen molar-refractivity contribution in [3.8, 4) is 11.5 Å². The molecular formula is C12H13NO5. The second kappa shape index (κ2) is 4.21. The second-order valence-corrected chi connectivity index (χ2v) is 3.98. The highest BCUT2D eigenvalue weighted by molar-refractivity contribution is 6.06. The summed E-state index contributed by atoms with van der Waals surface area (Å²) in [5, 5.41) is 9.85. The summed E-state index contributed by atoms with van der Waals surface area (Å²) in [5.41, 5.74) is 0.760. The fraction of sp³-hybridized carbons (Fsp3) is 0.333. The Morgan fingerprint density at radius 2 is 2.11 bits per heavy atom. The lowest BCUT2D eigenvalue weighted by Crippen LogP contribution is -2.17. The van der Waals surface area contributed by atoms with Crippen molar-refractivity contribution in [1.82, 2.24) is 4.90 Å². The van der Waals surface area contributed by atoms with Crippen molar-refractivity contribution in [1.29, 1.82) is 0 Å². The zero-order valence-electron chi connectivity index (χ0n) is 10.3. The summed E-state index contributed by atoms with van der Waals surface area (Å²) in [6.45, 7) is 0.239. The van der Waals surface area contributed by atoms with Crippen molar-refractivity contribution in [2.75, 3.05) is 21.3 Å². The normalized spacial score (nSPS) is 13.5. The highest BCUT2D eigenvalue weighted by Crippen LogP contribution is 2.38. The van der Waals surface area contributed by atoms with E-state index in [4.69, 9.17) is 4.74 Å². The number of aromatic hydroxyl groups is 1. The number of rotatable bonds is 2. The Kier molecular flexibility index (Phi) is 2.86. The third-order valence-electron chi connectivity index (χ3n) is 2.94. The third-order valence-corrected chi connectivity index (χ3v) is 2.94. The molecule has 1 amide bonds. The largest absolute Gasteiger partial charge is 0.507 e. The lowest BCUT2D eigenvalue weighted by molar-refractivity contribution is 0.0595. The molecule has 0 unspecified atom stereocenters. The number of carbonyl (C=O) groups excluding carboxylic acids is 2. The zero-order chi connectivity index (χ0) is 13.4. The van der Waals surface area contributed by atoms with E-state index in [0.29, 0.717) is 11.1 Å². The minimum atomic E-state index is -0.672. The van der Waals surface area contributed by atoms with E-state index in [1.54, 1.807) is 7.05 Å². The molecule has 1 aliphatic rings. The van der Waals surface area contributed by atoms with Gasteiger partial charge in [0.15, 0.2) is 0 Å². The molecular weight excluding hydrogens is 238 g/mol. The van der Waals surface area contributed by atoms with Gasteiger partial charge < -0.3 is 19.5 Å². The van der Waals surface area contributed by atoms with Gasteiger partial charge in [-0.05, 0) is 0 Å². The minimum Gasteiger partial charge on any atom is -0.507 e. The molecule has 0 saturated carbocycles. The summed E-state index contributed by atoms with van der Waals surface area (Å²) in [7, 11) is 4.23. The number of methoxy groups -OCH3 is 2. The SMILES string of the molecule is COC(=O)c1c(O)cc(OC)c2c1CN(C)C2=O. The van der Waals surface area contributed by atoms with Gasteiger partial charge in [0, 0.05) is 25.2 Å². The number of benzene rings is 1. The Morgan fingerprint density at radius 3 is 2.67 bits per heavy atom. The number of phenols is 1. The van der Waals surface area contributed by atoms with Gasteiger partial charge in [-0.15, -0.1) is 0 Å². The Labute approximate surface area is 104 Å². The van der Waals surface area contributed by atoms with Crippen LogP contribution in [0, 0.1) is 0 Å². The molecule has 6 nitrogen and oxygen atoms in total. The number of amides is 1. The van der Waals surface area contributed by atoms with Crippen molar-refractivity contribution < 1.29 is 24.2 Å². The number of ether oxygens (including phenoxy) is 2. The number of hydrogen-bond acceptors (Lipinski definition) is 5. The maximum absolute atomic E-state index is 12.0. The minimum absolute atomic E-state index is 0.0194. The van der Waals surface area contributed by atoms with Crippen LogP contribution < -0.4 is 4.74 Å². The number of carbonyl (C=O) groups is 2. The van der Waals surface area contributed by atoms with Gasteiger partial charge in [-0.2, -0.15) is 0 Å². The van der Waals surface area contributed by atoms with Crippen LogP contribution in [0.1, 0.15) is 26.3 Å². The van der Waals surface area contributed by atoms with Gasteiger partial charge in [-0.1, -0.05) is 0 Å². The molecule has 1 aliphatic heterocycles. The highest BCUT2D eigenvalue weighted by atomic mass is 16.5. The number of phenolic OH excluding ortho intramolecular Hbond substituents is 1. The zero-order valence-corrected chi connectivity index (χ0v) is 10.3. The fourth-order valence-corrected chi connectivity index (χ4v) is 2.08. The van der Waals surface area contributed by atoms with Gasteiger partial charge in [0.05, 0.1) is 19.8 Å². The molecule has 96 valence electrons. The van der Waals surface area contributed by atoms with Gasteiger partial charge in [-0.3, -0.25) is 4.79 Å². The number of fused-ring (bicyclic) bond motifs is 1. The summed E-state index contributed by atoms with van der Waals surface area (Å²) < 4.78 is 9.68.